The maximum Gasteiger partial charge on any atom is 0.338 e. The Morgan fingerprint density at radius 3 is 2.28 bits per heavy atom. The second kappa shape index (κ2) is 11.3. The van der Waals surface area contributed by atoms with E-state index in [-0.39, 0.29) is 24.0 Å². The summed E-state index contributed by atoms with van der Waals surface area (Å²) in [5, 5.41) is 6.26. The van der Waals surface area contributed by atoms with Crippen LogP contribution in [0.1, 0.15) is 44.5 Å². The molecule has 0 fully saturated rings. The molecule has 1 heterocycles. The first-order valence-corrected chi connectivity index (χ1v) is 11.8. The van der Waals surface area contributed by atoms with E-state index in [4.69, 9.17) is 4.74 Å². The Hall–Kier alpha value is -4.52. The van der Waals surface area contributed by atoms with Gasteiger partial charge in [-0.1, -0.05) is 66.7 Å². The molecule has 7 heteroatoms. The van der Waals surface area contributed by atoms with Crippen molar-refractivity contribution in [1.82, 2.24) is 9.97 Å². The van der Waals surface area contributed by atoms with Crippen LogP contribution in [-0.2, 0) is 11.3 Å². The van der Waals surface area contributed by atoms with Crippen LogP contribution in [0.25, 0.3) is 11.4 Å². The lowest BCUT2D eigenvalue weighted by atomic mass is 10.1. The lowest BCUT2D eigenvalue weighted by Crippen LogP contribution is -2.17. The van der Waals surface area contributed by atoms with Crippen molar-refractivity contribution >= 4 is 23.4 Å². The number of anilines is 2. The van der Waals surface area contributed by atoms with Crippen molar-refractivity contribution in [2.45, 2.75) is 27.3 Å². The number of esters is 1. The van der Waals surface area contributed by atoms with Crippen LogP contribution < -0.4 is 10.6 Å². The minimum Gasteiger partial charge on any atom is -0.462 e. The van der Waals surface area contributed by atoms with Gasteiger partial charge in [-0.3, -0.25) is 4.79 Å². The first kappa shape index (κ1) is 24.6. The quantitative estimate of drug-likeness (QED) is 0.310. The van der Waals surface area contributed by atoms with Crippen LogP contribution in [-0.4, -0.2) is 28.5 Å². The Morgan fingerprint density at radius 1 is 0.861 bits per heavy atom. The summed E-state index contributed by atoms with van der Waals surface area (Å²) in [6, 6.07) is 24.3. The number of hydrogen-bond donors (Lipinski definition) is 2. The molecule has 4 rings (SSSR count). The smallest absolute Gasteiger partial charge is 0.338 e. The summed E-state index contributed by atoms with van der Waals surface area (Å²) in [6.45, 7) is 6.39. The fourth-order valence-corrected chi connectivity index (χ4v) is 3.82. The Morgan fingerprint density at radius 2 is 1.56 bits per heavy atom. The number of amides is 1. The third-order valence-corrected chi connectivity index (χ3v) is 5.66. The zero-order chi connectivity index (χ0) is 25.5. The summed E-state index contributed by atoms with van der Waals surface area (Å²) < 4.78 is 5.22. The van der Waals surface area contributed by atoms with Gasteiger partial charge in [-0.05, 0) is 43.5 Å². The van der Waals surface area contributed by atoms with Gasteiger partial charge in [-0.2, -0.15) is 0 Å². The predicted octanol–water partition coefficient (Wildman–Crippen LogP) is 5.80. The van der Waals surface area contributed by atoms with E-state index in [2.05, 4.69) is 20.6 Å². The summed E-state index contributed by atoms with van der Waals surface area (Å²) in [7, 11) is 0. The SMILES string of the molecule is CCOC(=O)c1ccccc1-c1nc(NCc2ccccc2)cc(C(=O)Nc2c(C)cccc2C)n1. The lowest BCUT2D eigenvalue weighted by molar-refractivity contribution is 0.0527. The highest BCUT2D eigenvalue weighted by molar-refractivity contribution is 6.04. The maximum absolute atomic E-state index is 13.3. The third kappa shape index (κ3) is 5.75. The highest BCUT2D eigenvalue weighted by Gasteiger charge is 2.19. The van der Waals surface area contributed by atoms with Crippen molar-refractivity contribution in [2.24, 2.45) is 0 Å². The van der Waals surface area contributed by atoms with Gasteiger partial charge in [0.1, 0.15) is 11.5 Å². The molecule has 4 aromatic rings. The minimum absolute atomic E-state index is 0.178. The molecule has 0 atom stereocenters. The molecule has 0 aliphatic rings. The monoisotopic (exact) mass is 480 g/mol. The number of aromatic nitrogens is 2. The van der Waals surface area contributed by atoms with E-state index in [1.54, 1.807) is 37.3 Å². The number of carbonyl (C=O) groups excluding carboxylic acids is 2. The summed E-state index contributed by atoms with van der Waals surface area (Å²) in [5.41, 5.74) is 4.71. The van der Waals surface area contributed by atoms with Gasteiger partial charge in [0.25, 0.3) is 5.91 Å². The molecule has 0 aliphatic carbocycles. The molecular formula is C29H28N4O3. The maximum atomic E-state index is 13.3. The molecule has 2 N–H and O–H groups in total. The van der Waals surface area contributed by atoms with Crippen LogP contribution in [0.15, 0.2) is 78.9 Å². The molecule has 1 aromatic heterocycles. The van der Waals surface area contributed by atoms with Gasteiger partial charge in [0, 0.05) is 23.9 Å². The van der Waals surface area contributed by atoms with Gasteiger partial charge >= 0.3 is 5.97 Å². The molecule has 1 amide bonds. The van der Waals surface area contributed by atoms with Crippen LogP contribution in [0.5, 0.6) is 0 Å². The number of carbonyl (C=O) groups is 2. The average Bonchev–Trinajstić information content (AvgIpc) is 2.90. The van der Waals surface area contributed by atoms with Crippen LogP contribution >= 0.6 is 0 Å². The van der Waals surface area contributed by atoms with E-state index < -0.39 is 5.97 Å². The van der Waals surface area contributed by atoms with E-state index >= 15 is 0 Å². The van der Waals surface area contributed by atoms with Gasteiger partial charge in [0.2, 0.25) is 0 Å². The van der Waals surface area contributed by atoms with Gasteiger partial charge < -0.3 is 15.4 Å². The Labute approximate surface area is 210 Å². The largest absolute Gasteiger partial charge is 0.462 e. The van der Waals surface area contributed by atoms with Crippen molar-refractivity contribution in [3.63, 3.8) is 0 Å². The first-order valence-electron chi connectivity index (χ1n) is 11.8. The third-order valence-electron chi connectivity index (χ3n) is 5.66. The van der Waals surface area contributed by atoms with Gasteiger partial charge in [0.15, 0.2) is 5.82 Å². The van der Waals surface area contributed by atoms with Crippen LogP contribution in [0, 0.1) is 13.8 Å². The topological polar surface area (TPSA) is 93.2 Å². The molecular weight excluding hydrogens is 452 g/mol. The van der Waals surface area contributed by atoms with Crippen molar-refractivity contribution < 1.29 is 14.3 Å². The number of benzene rings is 3. The molecule has 3 aromatic carbocycles. The molecule has 7 nitrogen and oxygen atoms in total. The number of hydrogen-bond acceptors (Lipinski definition) is 6. The minimum atomic E-state index is -0.471. The molecule has 0 saturated carbocycles. The van der Waals surface area contributed by atoms with Crippen LogP contribution in [0.2, 0.25) is 0 Å². The Bertz CT molecular complexity index is 1370. The number of nitrogens with one attached hydrogen (secondary N) is 2. The number of nitrogens with zero attached hydrogens (tertiary/aromatic N) is 2. The lowest BCUT2D eigenvalue weighted by Gasteiger charge is -2.14. The number of rotatable bonds is 8. The zero-order valence-electron chi connectivity index (χ0n) is 20.5. The van der Waals surface area contributed by atoms with Crippen molar-refractivity contribution in [3.8, 4) is 11.4 Å². The number of ether oxygens (including phenoxy) is 1. The van der Waals surface area contributed by atoms with Crippen molar-refractivity contribution in [2.75, 3.05) is 17.2 Å². The Kier molecular flexibility index (Phi) is 7.70. The molecule has 0 aliphatic heterocycles. The standard InChI is InChI=1S/C29H28N4O3/c1-4-36-29(35)23-16-9-8-15-22(23)27-31-24(28(34)33-26-19(2)11-10-12-20(26)3)17-25(32-27)30-18-21-13-6-5-7-14-21/h5-17H,4,18H2,1-3H3,(H,33,34)(H,30,31,32). The fourth-order valence-electron chi connectivity index (χ4n) is 3.82. The van der Waals surface area contributed by atoms with E-state index in [9.17, 15) is 9.59 Å². The van der Waals surface area contributed by atoms with Gasteiger partial charge in [-0.15, -0.1) is 0 Å². The van der Waals surface area contributed by atoms with E-state index in [1.165, 1.54) is 0 Å². The fraction of sp³-hybridized carbons (Fsp3) is 0.172. The van der Waals surface area contributed by atoms with Crippen molar-refractivity contribution in [1.29, 1.82) is 0 Å². The highest BCUT2D eigenvalue weighted by Crippen LogP contribution is 2.25. The summed E-state index contributed by atoms with van der Waals surface area (Å²) in [5.74, 6) is -0.120. The molecule has 0 radical (unpaired) electrons. The normalized spacial score (nSPS) is 10.5. The summed E-state index contributed by atoms with van der Waals surface area (Å²) >= 11 is 0. The van der Waals surface area contributed by atoms with Crippen LogP contribution in [0.4, 0.5) is 11.5 Å². The molecule has 0 saturated heterocycles. The number of aryl methyl sites for hydroxylation is 2. The van der Waals surface area contributed by atoms with Gasteiger partial charge in [-0.25, -0.2) is 14.8 Å². The summed E-state index contributed by atoms with van der Waals surface area (Å²) in [4.78, 5) is 35.1. The molecule has 0 bridgehead atoms. The Balaban J connectivity index is 1.74. The van der Waals surface area contributed by atoms with E-state index in [1.807, 2.05) is 62.4 Å². The van der Waals surface area contributed by atoms with Gasteiger partial charge in [0.05, 0.1) is 12.2 Å². The highest BCUT2D eigenvalue weighted by atomic mass is 16.5. The van der Waals surface area contributed by atoms with E-state index in [0.29, 0.717) is 23.5 Å². The summed E-state index contributed by atoms with van der Waals surface area (Å²) in [6.07, 6.45) is 0. The molecule has 182 valence electrons. The second-order valence-electron chi connectivity index (χ2n) is 8.29. The molecule has 36 heavy (non-hydrogen) atoms. The van der Waals surface area contributed by atoms with Crippen molar-refractivity contribution in [3.05, 3.63) is 107 Å². The second-order valence-corrected chi connectivity index (χ2v) is 8.29. The zero-order valence-corrected chi connectivity index (χ0v) is 20.5. The predicted molar refractivity (Wildman–Crippen MR) is 141 cm³/mol. The average molecular weight is 481 g/mol. The first-order chi connectivity index (χ1) is 17.5. The van der Waals surface area contributed by atoms with Crippen LogP contribution in [0.3, 0.4) is 0 Å². The molecule has 0 unspecified atom stereocenters. The number of para-hydroxylation sites is 1. The molecule has 0 spiro atoms. The van der Waals surface area contributed by atoms with E-state index in [0.717, 1.165) is 22.4 Å².